The second-order valence-corrected chi connectivity index (χ2v) is 6.98. The van der Waals surface area contributed by atoms with Gasteiger partial charge in [-0.25, -0.2) is 9.78 Å². The molecule has 2 heterocycles. The lowest BCUT2D eigenvalue weighted by Gasteiger charge is -2.17. The van der Waals surface area contributed by atoms with E-state index >= 15 is 0 Å². The lowest BCUT2D eigenvalue weighted by molar-refractivity contribution is -0.131. The highest BCUT2D eigenvalue weighted by atomic mass is 16.4. The molecule has 0 aliphatic heterocycles. The molecule has 0 aliphatic rings. The van der Waals surface area contributed by atoms with E-state index in [-0.39, 0.29) is 0 Å². The average molecular weight is 394 g/mol. The zero-order chi connectivity index (χ0) is 20.9. The molecule has 0 aliphatic carbocycles. The summed E-state index contributed by atoms with van der Waals surface area (Å²) in [6.07, 6.45) is 9.48. The number of pyridine rings is 1. The Balaban J connectivity index is 1.89. The van der Waals surface area contributed by atoms with Gasteiger partial charge in [-0.3, -0.25) is 0 Å². The summed E-state index contributed by atoms with van der Waals surface area (Å²) in [5.41, 5.74) is 7.55. The van der Waals surface area contributed by atoms with Crippen molar-refractivity contribution in [2.24, 2.45) is 0 Å². The zero-order valence-electron chi connectivity index (χ0n) is 16.7. The Bertz CT molecular complexity index is 1230. The molecule has 0 saturated carbocycles. The van der Waals surface area contributed by atoms with Gasteiger partial charge in [-0.2, -0.15) is 0 Å². The molecule has 4 aromatic rings. The molecule has 0 fully saturated rings. The quantitative estimate of drug-likeness (QED) is 0.332. The van der Waals surface area contributed by atoms with E-state index in [0.29, 0.717) is 0 Å². The Hall–Kier alpha value is -3.92. The molecule has 4 nitrogen and oxygen atoms in total. The number of fused-ring (bicyclic) bond motifs is 1. The molecule has 0 atom stereocenters. The molecule has 30 heavy (non-hydrogen) atoms. The first-order chi connectivity index (χ1) is 14.7. The van der Waals surface area contributed by atoms with Crippen LogP contribution in [0.25, 0.3) is 22.9 Å². The molecule has 148 valence electrons. The van der Waals surface area contributed by atoms with E-state index in [2.05, 4.69) is 48.4 Å². The maximum Gasteiger partial charge on any atom is 0.328 e. The second kappa shape index (κ2) is 8.62. The predicted octanol–water partition coefficient (Wildman–Crippen LogP) is 5.80. The van der Waals surface area contributed by atoms with E-state index in [1.54, 1.807) is 12.3 Å². The first kappa shape index (κ1) is 19.4. The maximum absolute atomic E-state index is 10.8. The molecule has 0 unspecified atom stereocenters. The molecule has 4 rings (SSSR count). The number of carboxylic acids is 1. The van der Waals surface area contributed by atoms with Crippen LogP contribution in [0.15, 0.2) is 91.4 Å². The van der Waals surface area contributed by atoms with Gasteiger partial charge in [0.05, 0.1) is 0 Å². The van der Waals surface area contributed by atoms with Gasteiger partial charge in [-0.15, -0.1) is 0 Å². The molecule has 0 spiro atoms. The minimum Gasteiger partial charge on any atom is -0.478 e. The molecule has 1 N–H and O–H groups in total. The normalized spacial score (nSPS) is 12.3. The van der Waals surface area contributed by atoms with Crippen LogP contribution in [-0.2, 0) is 4.79 Å². The van der Waals surface area contributed by atoms with Crippen molar-refractivity contribution < 1.29 is 9.90 Å². The van der Waals surface area contributed by atoms with Gasteiger partial charge in [-0.1, -0.05) is 61.5 Å². The molecular formula is C26H22N2O2. The van der Waals surface area contributed by atoms with Crippen LogP contribution in [-0.4, -0.2) is 20.5 Å². The summed E-state index contributed by atoms with van der Waals surface area (Å²) in [5, 5.41) is 8.86. The number of aliphatic carboxylic acids is 1. The van der Waals surface area contributed by atoms with Crippen LogP contribution in [0.2, 0.25) is 0 Å². The summed E-state index contributed by atoms with van der Waals surface area (Å²) in [4.78, 5) is 15.2. The molecular weight excluding hydrogens is 372 g/mol. The van der Waals surface area contributed by atoms with E-state index in [1.807, 2.05) is 47.0 Å². The number of carbonyl (C=O) groups is 1. The number of hydrogen-bond donors (Lipinski definition) is 1. The molecule has 0 bridgehead atoms. The Morgan fingerprint density at radius 3 is 2.40 bits per heavy atom. The number of benzene rings is 2. The number of hydrogen-bond acceptors (Lipinski definition) is 2. The molecule has 2 aromatic carbocycles. The van der Waals surface area contributed by atoms with E-state index in [1.165, 1.54) is 11.1 Å². The number of allylic oxidation sites excluding steroid dienone is 1. The largest absolute Gasteiger partial charge is 0.478 e. The molecule has 0 saturated heterocycles. The van der Waals surface area contributed by atoms with Crippen molar-refractivity contribution in [1.29, 1.82) is 0 Å². The second-order valence-electron chi connectivity index (χ2n) is 6.98. The minimum absolute atomic E-state index is 0.850. The minimum atomic E-state index is -0.953. The highest BCUT2D eigenvalue weighted by Crippen LogP contribution is 2.34. The summed E-state index contributed by atoms with van der Waals surface area (Å²) < 4.78 is 2.03. The molecule has 0 amide bonds. The molecule has 4 heteroatoms. The monoisotopic (exact) mass is 394 g/mol. The van der Waals surface area contributed by atoms with Crippen molar-refractivity contribution in [1.82, 2.24) is 9.38 Å². The third-order valence-electron chi connectivity index (χ3n) is 5.07. The molecule has 0 radical (unpaired) electrons. The van der Waals surface area contributed by atoms with Gasteiger partial charge in [0, 0.05) is 24.7 Å². The maximum atomic E-state index is 10.8. The van der Waals surface area contributed by atoms with Gasteiger partial charge < -0.3 is 9.51 Å². The highest BCUT2D eigenvalue weighted by molar-refractivity contribution is 5.98. The number of aromatic nitrogens is 2. The van der Waals surface area contributed by atoms with E-state index in [4.69, 9.17) is 5.11 Å². The smallest absolute Gasteiger partial charge is 0.328 e. The van der Waals surface area contributed by atoms with Gasteiger partial charge in [0.15, 0.2) is 0 Å². The fourth-order valence-corrected chi connectivity index (χ4v) is 3.68. The first-order valence-electron chi connectivity index (χ1n) is 9.89. The number of imidazole rings is 1. The topological polar surface area (TPSA) is 54.6 Å². The number of rotatable bonds is 6. The van der Waals surface area contributed by atoms with E-state index in [0.717, 1.165) is 40.4 Å². The summed E-state index contributed by atoms with van der Waals surface area (Å²) in [5.74, 6) is -0.953. The summed E-state index contributed by atoms with van der Waals surface area (Å²) in [7, 11) is 0. The Labute approximate surface area is 175 Å². The lowest BCUT2D eigenvalue weighted by Crippen LogP contribution is -1.97. The third kappa shape index (κ3) is 4.08. The van der Waals surface area contributed by atoms with Crippen molar-refractivity contribution in [3.63, 3.8) is 0 Å². The van der Waals surface area contributed by atoms with Crippen LogP contribution in [0.4, 0.5) is 0 Å². The van der Waals surface area contributed by atoms with Crippen LogP contribution < -0.4 is 0 Å². The van der Waals surface area contributed by atoms with Crippen molar-refractivity contribution in [3.8, 4) is 0 Å². The van der Waals surface area contributed by atoms with Gasteiger partial charge >= 0.3 is 5.97 Å². The van der Waals surface area contributed by atoms with Gasteiger partial charge in [0.2, 0.25) is 0 Å². The summed E-state index contributed by atoms with van der Waals surface area (Å²) in [6.45, 7) is 2.17. The fourth-order valence-electron chi connectivity index (χ4n) is 3.68. The van der Waals surface area contributed by atoms with Crippen LogP contribution in [0.3, 0.4) is 0 Å². The standard InChI is InChI=1S/C26H22N2O2/c1-2-23(20-6-4-3-5-7-20)26(22-13-14-24-27-16-17-28(24)18-22)21-11-8-19(9-12-21)10-15-25(29)30/h3-18H,2H2,1H3,(H,29,30). The van der Waals surface area contributed by atoms with Crippen molar-refractivity contribution in [2.75, 3.05) is 0 Å². The zero-order valence-corrected chi connectivity index (χ0v) is 16.7. The van der Waals surface area contributed by atoms with Crippen molar-refractivity contribution >= 4 is 28.8 Å². The predicted molar refractivity (Wildman–Crippen MR) is 121 cm³/mol. The third-order valence-corrected chi connectivity index (χ3v) is 5.07. The Morgan fingerprint density at radius 2 is 1.70 bits per heavy atom. The van der Waals surface area contributed by atoms with Crippen molar-refractivity contribution in [3.05, 3.63) is 114 Å². The average Bonchev–Trinajstić information content (AvgIpc) is 3.25. The Morgan fingerprint density at radius 1 is 0.967 bits per heavy atom. The SMILES string of the molecule is CCC(=C(c1ccc(C=CC(=O)O)cc1)c1ccc2nccn2c1)c1ccccc1. The van der Waals surface area contributed by atoms with E-state index < -0.39 is 5.97 Å². The van der Waals surface area contributed by atoms with Crippen LogP contribution in [0.5, 0.6) is 0 Å². The van der Waals surface area contributed by atoms with Crippen LogP contribution >= 0.6 is 0 Å². The van der Waals surface area contributed by atoms with Crippen LogP contribution in [0, 0.1) is 0 Å². The van der Waals surface area contributed by atoms with Crippen molar-refractivity contribution in [2.45, 2.75) is 13.3 Å². The summed E-state index contributed by atoms with van der Waals surface area (Å²) >= 11 is 0. The number of carboxylic acid groups (broad SMARTS) is 1. The fraction of sp³-hybridized carbons (Fsp3) is 0.0769. The van der Waals surface area contributed by atoms with E-state index in [9.17, 15) is 4.79 Å². The highest BCUT2D eigenvalue weighted by Gasteiger charge is 2.14. The number of nitrogens with zero attached hydrogens (tertiary/aromatic N) is 2. The summed E-state index contributed by atoms with van der Waals surface area (Å²) in [6, 6.07) is 22.5. The Kier molecular flexibility index (Phi) is 5.57. The lowest BCUT2D eigenvalue weighted by atomic mass is 9.88. The molecule has 2 aromatic heterocycles. The first-order valence-corrected chi connectivity index (χ1v) is 9.89. The van der Waals surface area contributed by atoms with Crippen LogP contribution in [0.1, 0.15) is 35.6 Å². The van der Waals surface area contributed by atoms with Gasteiger partial charge in [0.1, 0.15) is 5.65 Å². The van der Waals surface area contributed by atoms with Gasteiger partial charge in [0.25, 0.3) is 0 Å². The van der Waals surface area contributed by atoms with Gasteiger partial charge in [-0.05, 0) is 58.0 Å².